The fourth-order valence-electron chi connectivity index (χ4n) is 3.60. The molecule has 0 unspecified atom stereocenters. The zero-order valence-electron chi connectivity index (χ0n) is 15.0. The van der Waals surface area contributed by atoms with Gasteiger partial charge in [0.1, 0.15) is 0 Å². The normalized spacial score (nSPS) is 16.4. The van der Waals surface area contributed by atoms with Crippen LogP contribution in [-0.4, -0.2) is 37.4 Å². The molecule has 1 fully saturated rings. The Labute approximate surface area is 159 Å². The Kier molecular flexibility index (Phi) is 3.23. The molecule has 8 nitrogen and oxygen atoms in total. The van der Waals surface area contributed by atoms with Crippen molar-refractivity contribution in [2.45, 2.75) is 25.3 Å². The molecule has 0 atom stereocenters. The van der Waals surface area contributed by atoms with E-state index in [0.717, 1.165) is 30.6 Å². The van der Waals surface area contributed by atoms with E-state index in [0.29, 0.717) is 47.5 Å². The van der Waals surface area contributed by atoms with Gasteiger partial charge in [0.25, 0.3) is 11.3 Å². The summed E-state index contributed by atoms with van der Waals surface area (Å²) >= 11 is 0. The standard InChI is InChI=1S/C20H17N5O3/c26-19-14-11-21-20-22-18(12-2-5-16-17(10-12)28-9-1-8-27-16)23-25(20)15(14)6-7-24(19)13-3-4-13/h2,5-7,10-11,13H,1,3-4,8-9H2. The molecule has 8 heteroatoms. The Balaban J connectivity index is 1.50. The van der Waals surface area contributed by atoms with Crippen LogP contribution in [0.5, 0.6) is 11.5 Å². The van der Waals surface area contributed by atoms with Crippen LogP contribution in [0.3, 0.4) is 0 Å². The SMILES string of the molecule is O=c1c2cnc3nc(-c4ccc5c(c4)OCCCO5)nn3c2ccn1C1CC1. The quantitative estimate of drug-likeness (QED) is 0.536. The highest BCUT2D eigenvalue weighted by atomic mass is 16.5. The number of nitrogens with zero attached hydrogens (tertiary/aromatic N) is 5. The Morgan fingerprint density at radius 1 is 1.07 bits per heavy atom. The van der Waals surface area contributed by atoms with E-state index < -0.39 is 0 Å². The lowest BCUT2D eigenvalue weighted by Gasteiger charge is -2.07. The number of fused-ring (bicyclic) bond motifs is 4. The zero-order chi connectivity index (χ0) is 18.7. The molecule has 4 aromatic rings. The summed E-state index contributed by atoms with van der Waals surface area (Å²) in [5, 5.41) is 5.17. The van der Waals surface area contributed by atoms with Crippen molar-refractivity contribution in [3.63, 3.8) is 0 Å². The molecule has 28 heavy (non-hydrogen) atoms. The fourth-order valence-corrected chi connectivity index (χ4v) is 3.60. The Hall–Kier alpha value is -3.42. The van der Waals surface area contributed by atoms with Gasteiger partial charge in [0.2, 0.25) is 0 Å². The van der Waals surface area contributed by atoms with Crippen LogP contribution in [-0.2, 0) is 0 Å². The molecule has 1 saturated carbocycles. The van der Waals surface area contributed by atoms with Crippen molar-refractivity contribution in [1.82, 2.24) is 24.1 Å². The van der Waals surface area contributed by atoms with Crippen molar-refractivity contribution < 1.29 is 9.47 Å². The van der Waals surface area contributed by atoms with Crippen molar-refractivity contribution in [3.05, 3.63) is 47.0 Å². The lowest BCUT2D eigenvalue weighted by Crippen LogP contribution is -2.19. The zero-order valence-corrected chi connectivity index (χ0v) is 15.0. The molecule has 0 spiro atoms. The molecule has 0 radical (unpaired) electrons. The molecule has 4 heterocycles. The van der Waals surface area contributed by atoms with Gasteiger partial charge in [-0.15, -0.1) is 5.10 Å². The van der Waals surface area contributed by atoms with Gasteiger partial charge in [0, 0.05) is 30.4 Å². The molecule has 1 aliphatic heterocycles. The average molecular weight is 375 g/mol. The molecule has 0 N–H and O–H groups in total. The van der Waals surface area contributed by atoms with E-state index in [1.54, 1.807) is 15.3 Å². The van der Waals surface area contributed by atoms with Crippen molar-refractivity contribution in [2.75, 3.05) is 13.2 Å². The first-order valence-corrected chi connectivity index (χ1v) is 9.44. The Bertz CT molecular complexity index is 1290. The van der Waals surface area contributed by atoms with Crippen LogP contribution in [0.4, 0.5) is 0 Å². The minimum atomic E-state index is -0.0259. The topological polar surface area (TPSA) is 83.5 Å². The second kappa shape index (κ2) is 5.79. The highest BCUT2D eigenvalue weighted by molar-refractivity contribution is 5.79. The molecule has 6 rings (SSSR count). The highest BCUT2D eigenvalue weighted by Gasteiger charge is 2.25. The maximum atomic E-state index is 12.8. The largest absolute Gasteiger partial charge is 0.490 e. The summed E-state index contributed by atoms with van der Waals surface area (Å²) in [5.74, 6) is 2.41. The first-order chi connectivity index (χ1) is 13.8. The van der Waals surface area contributed by atoms with Gasteiger partial charge in [-0.05, 0) is 37.1 Å². The van der Waals surface area contributed by atoms with Crippen LogP contribution in [0.25, 0.3) is 28.1 Å². The molecule has 0 amide bonds. The molecule has 2 aliphatic rings. The van der Waals surface area contributed by atoms with Gasteiger partial charge >= 0.3 is 0 Å². The maximum absolute atomic E-state index is 12.8. The first-order valence-electron chi connectivity index (χ1n) is 9.44. The molecule has 140 valence electrons. The van der Waals surface area contributed by atoms with E-state index in [1.165, 1.54) is 0 Å². The predicted octanol–water partition coefficient (Wildman–Crippen LogP) is 2.60. The van der Waals surface area contributed by atoms with Crippen molar-refractivity contribution in [3.8, 4) is 22.9 Å². The maximum Gasteiger partial charge on any atom is 0.261 e. The number of ether oxygens (including phenoxy) is 2. The summed E-state index contributed by atoms with van der Waals surface area (Å²) in [4.78, 5) is 21.7. The van der Waals surface area contributed by atoms with Gasteiger partial charge in [0.15, 0.2) is 17.3 Å². The molecule has 1 aromatic carbocycles. The lowest BCUT2D eigenvalue weighted by molar-refractivity contribution is 0.297. The van der Waals surface area contributed by atoms with Crippen LogP contribution in [0.1, 0.15) is 25.3 Å². The summed E-state index contributed by atoms with van der Waals surface area (Å²) in [6.45, 7) is 1.27. The van der Waals surface area contributed by atoms with E-state index in [-0.39, 0.29) is 5.56 Å². The van der Waals surface area contributed by atoms with E-state index in [2.05, 4.69) is 15.1 Å². The summed E-state index contributed by atoms with van der Waals surface area (Å²) in [5.41, 5.74) is 1.50. The molecular weight excluding hydrogens is 358 g/mol. The lowest BCUT2D eigenvalue weighted by atomic mass is 10.2. The third-order valence-corrected chi connectivity index (χ3v) is 5.21. The monoisotopic (exact) mass is 375 g/mol. The second-order valence-corrected chi connectivity index (χ2v) is 7.18. The van der Waals surface area contributed by atoms with Crippen LogP contribution in [0.15, 0.2) is 41.5 Å². The van der Waals surface area contributed by atoms with Crippen LogP contribution < -0.4 is 15.0 Å². The number of rotatable bonds is 2. The van der Waals surface area contributed by atoms with E-state index in [4.69, 9.17) is 9.47 Å². The minimum absolute atomic E-state index is 0.0259. The van der Waals surface area contributed by atoms with Crippen LogP contribution >= 0.6 is 0 Å². The molecule has 0 bridgehead atoms. The smallest absolute Gasteiger partial charge is 0.261 e. The van der Waals surface area contributed by atoms with Crippen molar-refractivity contribution in [2.24, 2.45) is 0 Å². The number of benzene rings is 1. The molecular formula is C20H17N5O3. The summed E-state index contributed by atoms with van der Waals surface area (Å²) in [6, 6.07) is 7.90. The van der Waals surface area contributed by atoms with E-state index in [9.17, 15) is 4.79 Å². The first kappa shape index (κ1) is 15.6. The van der Waals surface area contributed by atoms with Crippen molar-refractivity contribution in [1.29, 1.82) is 0 Å². The van der Waals surface area contributed by atoms with Crippen LogP contribution in [0, 0.1) is 0 Å². The van der Waals surface area contributed by atoms with Crippen LogP contribution in [0.2, 0.25) is 0 Å². The van der Waals surface area contributed by atoms with Gasteiger partial charge in [-0.25, -0.2) is 4.98 Å². The van der Waals surface area contributed by atoms with E-state index in [1.807, 2.05) is 30.5 Å². The van der Waals surface area contributed by atoms with Gasteiger partial charge in [-0.2, -0.15) is 9.50 Å². The second-order valence-electron chi connectivity index (χ2n) is 7.18. The summed E-state index contributed by atoms with van der Waals surface area (Å²) in [7, 11) is 0. The Morgan fingerprint density at radius 2 is 1.93 bits per heavy atom. The fraction of sp³-hybridized carbons (Fsp3) is 0.300. The van der Waals surface area contributed by atoms with Gasteiger partial charge in [0.05, 0.1) is 24.1 Å². The number of hydrogen-bond donors (Lipinski definition) is 0. The summed E-state index contributed by atoms with van der Waals surface area (Å²) < 4.78 is 14.9. The molecule has 0 saturated heterocycles. The number of aromatic nitrogens is 5. The number of hydrogen-bond acceptors (Lipinski definition) is 6. The van der Waals surface area contributed by atoms with Gasteiger partial charge in [-0.1, -0.05) is 0 Å². The minimum Gasteiger partial charge on any atom is -0.490 e. The predicted molar refractivity (Wildman–Crippen MR) is 102 cm³/mol. The average Bonchev–Trinajstić information content (AvgIpc) is 3.50. The highest BCUT2D eigenvalue weighted by Crippen LogP contribution is 2.34. The summed E-state index contributed by atoms with van der Waals surface area (Å²) in [6.07, 6.45) is 6.40. The van der Waals surface area contributed by atoms with Gasteiger partial charge < -0.3 is 14.0 Å². The van der Waals surface area contributed by atoms with E-state index >= 15 is 0 Å². The van der Waals surface area contributed by atoms with Gasteiger partial charge in [-0.3, -0.25) is 4.79 Å². The molecule has 3 aromatic heterocycles. The number of pyridine rings is 1. The molecule has 1 aliphatic carbocycles. The third kappa shape index (κ3) is 2.37. The Morgan fingerprint density at radius 3 is 2.79 bits per heavy atom. The third-order valence-electron chi connectivity index (χ3n) is 5.21. The van der Waals surface area contributed by atoms with Crippen molar-refractivity contribution >= 4 is 16.7 Å².